The van der Waals surface area contributed by atoms with Gasteiger partial charge < -0.3 is 33.8 Å². The molecule has 0 rings (SSSR count). The van der Waals surface area contributed by atoms with Crippen molar-refractivity contribution in [1.29, 1.82) is 0 Å². The van der Waals surface area contributed by atoms with Crippen LogP contribution >= 0.6 is 15.6 Å². The van der Waals surface area contributed by atoms with Crippen LogP contribution in [0.15, 0.2) is 0 Å². The zero-order valence-corrected chi connectivity index (χ0v) is 63.8. The molecule has 95 heavy (non-hydrogen) atoms. The minimum Gasteiger partial charge on any atom is -0.462 e. The third kappa shape index (κ3) is 69.0. The van der Waals surface area contributed by atoms with E-state index >= 15 is 0 Å². The van der Waals surface area contributed by atoms with Crippen molar-refractivity contribution in [1.82, 2.24) is 0 Å². The topological polar surface area (TPSA) is 237 Å². The fraction of sp³-hybridized carbons (Fsp3) is 0.947. The molecule has 0 spiro atoms. The molecular weight excluding hydrogens is 1250 g/mol. The van der Waals surface area contributed by atoms with E-state index in [0.717, 1.165) is 102 Å². The Labute approximate surface area is 581 Å². The average molecular weight is 1400 g/mol. The first kappa shape index (κ1) is 93.1. The van der Waals surface area contributed by atoms with E-state index < -0.39 is 97.5 Å². The van der Waals surface area contributed by atoms with E-state index in [1.165, 1.54) is 205 Å². The summed E-state index contributed by atoms with van der Waals surface area (Å²) in [7, 11) is -9.91. The van der Waals surface area contributed by atoms with Crippen molar-refractivity contribution in [2.75, 3.05) is 39.6 Å². The van der Waals surface area contributed by atoms with Gasteiger partial charge in [-0.1, -0.05) is 343 Å². The van der Waals surface area contributed by atoms with Crippen LogP contribution in [0.3, 0.4) is 0 Å². The lowest BCUT2D eigenvalue weighted by atomic mass is 9.99. The van der Waals surface area contributed by atoms with E-state index in [4.69, 9.17) is 37.0 Å². The van der Waals surface area contributed by atoms with Crippen molar-refractivity contribution < 1.29 is 80.2 Å². The Balaban J connectivity index is 5.24. The van der Waals surface area contributed by atoms with Crippen LogP contribution in [0.4, 0.5) is 0 Å². The Morgan fingerprint density at radius 2 is 0.537 bits per heavy atom. The molecule has 564 valence electrons. The molecule has 3 unspecified atom stereocenters. The summed E-state index contributed by atoms with van der Waals surface area (Å²) >= 11 is 0. The second-order valence-electron chi connectivity index (χ2n) is 28.1. The summed E-state index contributed by atoms with van der Waals surface area (Å²) in [5.41, 5.74) is 0. The van der Waals surface area contributed by atoms with Crippen LogP contribution in [-0.4, -0.2) is 96.7 Å². The number of aliphatic hydroxyl groups excluding tert-OH is 1. The molecule has 0 radical (unpaired) electrons. The number of hydrogen-bond acceptors (Lipinski definition) is 15. The summed E-state index contributed by atoms with van der Waals surface area (Å²) in [6.45, 7) is 9.57. The van der Waals surface area contributed by atoms with E-state index in [1.807, 2.05) is 0 Å². The highest BCUT2D eigenvalue weighted by atomic mass is 31.2. The highest BCUT2D eigenvalue weighted by molar-refractivity contribution is 7.47. The van der Waals surface area contributed by atoms with Crippen molar-refractivity contribution >= 4 is 39.5 Å². The summed E-state index contributed by atoms with van der Waals surface area (Å²) in [5, 5.41) is 10.6. The number of rotatable bonds is 75. The molecule has 0 bridgehead atoms. The zero-order valence-electron chi connectivity index (χ0n) is 62.0. The fourth-order valence-corrected chi connectivity index (χ4v) is 13.2. The quantitative estimate of drug-likeness (QED) is 0.0222. The third-order valence-corrected chi connectivity index (χ3v) is 20.0. The number of carbonyl (C=O) groups is 4. The molecule has 0 aromatic rings. The number of phosphoric ester groups is 2. The van der Waals surface area contributed by atoms with Gasteiger partial charge in [-0.2, -0.15) is 0 Å². The lowest BCUT2D eigenvalue weighted by Crippen LogP contribution is -2.30. The smallest absolute Gasteiger partial charge is 0.462 e. The Morgan fingerprint density at radius 3 is 0.800 bits per heavy atom. The maximum Gasteiger partial charge on any atom is 0.472 e. The Morgan fingerprint density at radius 1 is 0.305 bits per heavy atom. The molecule has 0 aromatic carbocycles. The largest absolute Gasteiger partial charge is 0.472 e. The number of unbranched alkanes of at least 4 members (excludes halogenated alkanes) is 44. The Bertz CT molecular complexity index is 1840. The lowest BCUT2D eigenvalue weighted by molar-refractivity contribution is -0.161. The number of ether oxygens (including phenoxy) is 4. The summed E-state index contributed by atoms with van der Waals surface area (Å²) in [5.74, 6) is -0.600. The van der Waals surface area contributed by atoms with E-state index in [1.54, 1.807) is 0 Å². The molecule has 0 aliphatic heterocycles. The van der Waals surface area contributed by atoms with Crippen molar-refractivity contribution in [2.45, 2.75) is 413 Å². The molecule has 0 aromatic heterocycles. The van der Waals surface area contributed by atoms with Crippen molar-refractivity contribution in [3.63, 3.8) is 0 Å². The molecule has 3 N–H and O–H groups in total. The maximum absolute atomic E-state index is 13.1. The van der Waals surface area contributed by atoms with Gasteiger partial charge in [-0.05, 0) is 37.5 Å². The summed E-state index contributed by atoms with van der Waals surface area (Å²) < 4.78 is 68.5. The normalized spacial score (nSPS) is 14.3. The summed E-state index contributed by atoms with van der Waals surface area (Å²) in [4.78, 5) is 72.8. The van der Waals surface area contributed by atoms with E-state index in [2.05, 4.69) is 41.5 Å². The molecule has 17 nitrogen and oxygen atoms in total. The van der Waals surface area contributed by atoms with Crippen LogP contribution in [0.2, 0.25) is 0 Å². The van der Waals surface area contributed by atoms with Crippen LogP contribution in [0.1, 0.15) is 395 Å². The molecule has 0 amide bonds. The van der Waals surface area contributed by atoms with Gasteiger partial charge >= 0.3 is 39.5 Å². The number of phosphoric acid groups is 2. The second-order valence-corrected chi connectivity index (χ2v) is 31.0. The minimum absolute atomic E-state index is 0.107. The predicted molar refractivity (Wildman–Crippen MR) is 386 cm³/mol. The van der Waals surface area contributed by atoms with Crippen LogP contribution in [0.5, 0.6) is 0 Å². The molecule has 19 heteroatoms. The molecule has 0 saturated heterocycles. The first-order valence-electron chi connectivity index (χ1n) is 39.5. The van der Waals surface area contributed by atoms with Gasteiger partial charge in [0.2, 0.25) is 0 Å². The van der Waals surface area contributed by atoms with Crippen LogP contribution < -0.4 is 0 Å². The standard InChI is InChI=1S/C76H148O17P2/c1-7-10-12-14-16-18-20-22-23-24-25-26-28-30-36-42-49-55-61-76(81)92-71(64-86-73(78)58-52-46-40-34-32-31-33-39-45-51-57-69(6)9-3)66-90-94(82,83)88-62-70(77)63-89-95(84,85)91-67-72(65-87-74(79)59-53-47-43-37-38-44-50-56-68(4)5)93-75(80)60-54-48-41-35-29-27-21-19-17-15-13-11-8-2/h68-72,77H,7-67H2,1-6H3,(H,82,83)(H,84,85)/t69?,70-,71-,72-/m1/s1. The highest BCUT2D eigenvalue weighted by Crippen LogP contribution is 2.45. The van der Waals surface area contributed by atoms with Gasteiger partial charge in [-0.3, -0.25) is 37.3 Å². The van der Waals surface area contributed by atoms with Gasteiger partial charge in [0, 0.05) is 25.7 Å². The lowest BCUT2D eigenvalue weighted by Gasteiger charge is -2.21. The number of hydrogen-bond donors (Lipinski definition) is 3. The van der Waals surface area contributed by atoms with Crippen LogP contribution in [-0.2, 0) is 65.4 Å². The third-order valence-electron chi connectivity index (χ3n) is 18.1. The molecule has 0 aliphatic carbocycles. The highest BCUT2D eigenvalue weighted by Gasteiger charge is 2.30. The monoisotopic (exact) mass is 1400 g/mol. The van der Waals surface area contributed by atoms with E-state index in [-0.39, 0.29) is 25.7 Å². The van der Waals surface area contributed by atoms with Gasteiger partial charge in [0.05, 0.1) is 26.4 Å². The molecule has 0 aliphatic rings. The van der Waals surface area contributed by atoms with Gasteiger partial charge in [0.25, 0.3) is 0 Å². The molecule has 6 atom stereocenters. The first-order chi connectivity index (χ1) is 45.9. The Hall–Kier alpha value is -1.94. The molecule has 0 saturated carbocycles. The number of esters is 4. The van der Waals surface area contributed by atoms with Gasteiger partial charge in [-0.25, -0.2) is 9.13 Å². The average Bonchev–Trinajstić information content (AvgIpc) is 2.57. The van der Waals surface area contributed by atoms with Crippen LogP contribution in [0.25, 0.3) is 0 Å². The van der Waals surface area contributed by atoms with Crippen molar-refractivity contribution in [3.05, 3.63) is 0 Å². The van der Waals surface area contributed by atoms with Gasteiger partial charge in [0.1, 0.15) is 19.3 Å². The number of aliphatic hydroxyl groups is 1. The molecule has 0 heterocycles. The van der Waals surface area contributed by atoms with E-state index in [9.17, 15) is 43.2 Å². The van der Waals surface area contributed by atoms with Crippen LogP contribution in [0, 0.1) is 11.8 Å². The molecule has 0 fully saturated rings. The summed E-state index contributed by atoms with van der Waals surface area (Å²) in [6, 6.07) is 0. The minimum atomic E-state index is -4.96. The van der Waals surface area contributed by atoms with Gasteiger partial charge in [-0.15, -0.1) is 0 Å². The molecular formula is C76H148O17P2. The van der Waals surface area contributed by atoms with Crippen molar-refractivity contribution in [3.8, 4) is 0 Å². The first-order valence-corrected chi connectivity index (χ1v) is 42.5. The predicted octanol–water partition coefficient (Wildman–Crippen LogP) is 22.3. The van der Waals surface area contributed by atoms with E-state index in [0.29, 0.717) is 31.6 Å². The zero-order chi connectivity index (χ0) is 70.0. The fourth-order valence-electron chi connectivity index (χ4n) is 11.6. The van der Waals surface area contributed by atoms with Gasteiger partial charge in [0.15, 0.2) is 12.2 Å². The maximum atomic E-state index is 13.1. The Kier molecular flexibility index (Phi) is 66.5. The SMILES string of the molecule is CCCCCCCCCCCCCCCCCCCCC(=O)O[C@H](COC(=O)CCCCCCCCCCCCC(C)CC)COP(=O)(O)OC[C@@H](O)COP(=O)(O)OC[C@@H](COC(=O)CCCCCCCCCC(C)C)OC(=O)CCCCCCCCCCCCCCC. The van der Waals surface area contributed by atoms with Crippen molar-refractivity contribution in [2.24, 2.45) is 11.8 Å². The summed E-state index contributed by atoms with van der Waals surface area (Å²) in [6.07, 6.45) is 55.4. The second kappa shape index (κ2) is 67.9. The number of carbonyl (C=O) groups excluding carboxylic acids is 4.